The Kier molecular flexibility index (Phi) is 4.46. The summed E-state index contributed by atoms with van der Waals surface area (Å²) >= 11 is 5.57. The fourth-order valence-electron chi connectivity index (χ4n) is 1.27. The molecule has 0 fully saturated rings. The van der Waals surface area contributed by atoms with Gasteiger partial charge in [0.2, 0.25) is 5.03 Å². The maximum absolute atomic E-state index is 13.3. The third-order valence-electron chi connectivity index (χ3n) is 2.11. The van der Waals surface area contributed by atoms with Crippen molar-refractivity contribution in [3.63, 3.8) is 0 Å². The van der Waals surface area contributed by atoms with Gasteiger partial charge in [-0.3, -0.25) is 0 Å². The van der Waals surface area contributed by atoms with Crippen molar-refractivity contribution in [2.75, 3.05) is 5.88 Å². The normalized spacial score (nSPS) is 12.7. The van der Waals surface area contributed by atoms with Crippen molar-refractivity contribution in [1.82, 2.24) is 9.71 Å². The molecule has 0 aliphatic carbocycles. The van der Waals surface area contributed by atoms with Gasteiger partial charge in [0.1, 0.15) is 0 Å². The zero-order valence-corrected chi connectivity index (χ0v) is 11.1. The molecule has 0 atom stereocenters. The Morgan fingerprint density at radius 2 is 2.18 bits per heavy atom. The van der Waals surface area contributed by atoms with E-state index in [-0.39, 0.29) is 0 Å². The lowest BCUT2D eigenvalue weighted by Crippen LogP contribution is -2.44. The van der Waals surface area contributed by atoms with Crippen LogP contribution in [0, 0.1) is 5.82 Å². The quantitative estimate of drug-likeness (QED) is 0.838. The van der Waals surface area contributed by atoms with Crippen LogP contribution >= 0.6 is 11.6 Å². The second-order valence-corrected chi connectivity index (χ2v) is 6.19. The van der Waals surface area contributed by atoms with Crippen molar-refractivity contribution < 1.29 is 12.8 Å². The van der Waals surface area contributed by atoms with E-state index in [0.29, 0.717) is 12.3 Å². The maximum atomic E-state index is 13.3. The number of aromatic nitrogens is 1. The molecule has 0 saturated heterocycles. The first-order chi connectivity index (χ1) is 7.78. The summed E-state index contributed by atoms with van der Waals surface area (Å²) in [6.07, 6.45) is 1.66. The summed E-state index contributed by atoms with van der Waals surface area (Å²) in [4.78, 5) is 3.54. The lowest BCUT2D eigenvalue weighted by atomic mass is 10.0. The van der Waals surface area contributed by atoms with Crippen LogP contribution < -0.4 is 4.72 Å². The van der Waals surface area contributed by atoms with Crippen LogP contribution in [0.4, 0.5) is 4.39 Å². The van der Waals surface area contributed by atoms with Gasteiger partial charge in [0.15, 0.2) is 5.82 Å². The second-order valence-electron chi connectivity index (χ2n) is 4.22. The summed E-state index contributed by atoms with van der Waals surface area (Å²) in [5, 5.41) is -0.595. The molecule has 0 aromatic carbocycles. The standard InChI is InChI=1S/C10H14ClFN2O2S/c1-10(2,5-6-11)14-17(15,16)9-8(12)4-3-7-13-9/h3-4,7,14H,5-6H2,1-2H3. The van der Waals surface area contributed by atoms with E-state index in [2.05, 4.69) is 9.71 Å². The molecule has 0 saturated carbocycles. The van der Waals surface area contributed by atoms with Crippen LogP contribution in [-0.4, -0.2) is 24.8 Å². The third kappa shape index (κ3) is 3.90. The smallest absolute Gasteiger partial charge is 0.241 e. The van der Waals surface area contributed by atoms with Crippen molar-refractivity contribution in [2.45, 2.75) is 30.8 Å². The minimum absolute atomic E-state index is 0.306. The third-order valence-corrected chi connectivity index (χ3v) is 3.93. The number of nitrogens with one attached hydrogen (secondary N) is 1. The number of pyridine rings is 1. The highest BCUT2D eigenvalue weighted by molar-refractivity contribution is 7.89. The summed E-state index contributed by atoms with van der Waals surface area (Å²) in [5.74, 6) is -0.568. The minimum Gasteiger partial charge on any atom is -0.241 e. The molecule has 7 heteroatoms. The van der Waals surface area contributed by atoms with E-state index in [1.165, 1.54) is 12.3 Å². The Morgan fingerprint density at radius 1 is 1.53 bits per heavy atom. The number of hydrogen-bond donors (Lipinski definition) is 1. The average molecular weight is 281 g/mol. The van der Waals surface area contributed by atoms with Gasteiger partial charge in [0.05, 0.1) is 0 Å². The Hall–Kier alpha value is -0.720. The molecule has 1 aromatic rings. The molecule has 0 aliphatic heterocycles. The van der Waals surface area contributed by atoms with E-state index in [0.717, 1.165) is 6.07 Å². The highest BCUT2D eigenvalue weighted by Crippen LogP contribution is 2.16. The molecule has 0 bridgehead atoms. The van der Waals surface area contributed by atoms with Gasteiger partial charge in [-0.05, 0) is 32.4 Å². The van der Waals surface area contributed by atoms with Crippen LogP contribution in [0.1, 0.15) is 20.3 Å². The molecular weight excluding hydrogens is 267 g/mol. The monoisotopic (exact) mass is 280 g/mol. The molecule has 1 aromatic heterocycles. The van der Waals surface area contributed by atoms with Crippen LogP contribution in [0.3, 0.4) is 0 Å². The SMILES string of the molecule is CC(C)(CCCl)NS(=O)(=O)c1ncccc1F. The Bertz CT molecular complexity index is 491. The first-order valence-corrected chi connectivity index (χ1v) is 7.01. The lowest BCUT2D eigenvalue weighted by Gasteiger charge is -2.24. The van der Waals surface area contributed by atoms with Gasteiger partial charge in [-0.2, -0.15) is 0 Å². The van der Waals surface area contributed by atoms with Gasteiger partial charge >= 0.3 is 0 Å². The molecule has 1 rings (SSSR count). The lowest BCUT2D eigenvalue weighted by molar-refractivity contribution is 0.437. The molecule has 0 spiro atoms. The summed E-state index contributed by atoms with van der Waals surface area (Å²) in [6, 6.07) is 2.38. The minimum atomic E-state index is -3.97. The highest BCUT2D eigenvalue weighted by Gasteiger charge is 2.28. The molecular formula is C10H14ClFN2O2S. The van der Waals surface area contributed by atoms with Crippen molar-refractivity contribution in [2.24, 2.45) is 0 Å². The number of alkyl halides is 1. The zero-order valence-electron chi connectivity index (χ0n) is 9.57. The first-order valence-electron chi connectivity index (χ1n) is 4.99. The van der Waals surface area contributed by atoms with Gasteiger partial charge in [-0.25, -0.2) is 22.5 Å². The zero-order chi connectivity index (χ0) is 13.1. The Balaban J connectivity index is 3.02. The maximum Gasteiger partial charge on any atom is 0.261 e. The number of halogens is 2. The predicted octanol–water partition coefficient (Wildman–Crippen LogP) is 1.91. The van der Waals surface area contributed by atoms with Crippen LogP contribution in [0.25, 0.3) is 0 Å². The van der Waals surface area contributed by atoms with Crippen molar-refractivity contribution in [3.8, 4) is 0 Å². The molecule has 0 unspecified atom stereocenters. The topological polar surface area (TPSA) is 59.1 Å². The number of nitrogens with zero attached hydrogens (tertiary/aromatic N) is 1. The van der Waals surface area contributed by atoms with Gasteiger partial charge in [-0.1, -0.05) is 0 Å². The molecule has 0 aliphatic rings. The van der Waals surface area contributed by atoms with Gasteiger partial charge < -0.3 is 0 Å². The van der Waals surface area contributed by atoms with E-state index in [1.807, 2.05) is 0 Å². The van der Waals surface area contributed by atoms with Gasteiger partial charge in [0, 0.05) is 17.6 Å². The molecule has 0 radical (unpaired) electrons. The predicted molar refractivity (Wildman–Crippen MR) is 63.9 cm³/mol. The van der Waals surface area contributed by atoms with Gasteiger partial charge in [-0.15, -0.1) is 11.6 Å². The first kappa shape index (κ1) is 14.3. The molecule has 17 heavy (non-hydrogen) atoms. The van der Waals surface area contributed by atoms with Crippen LogP contribution in [0.2, 0.25) is 0 Å². The number of rotatable bonds is 5. The summed E-state index contributed by atoms with van der Waals surface area (Å²) in [6.45, 7) is 3.35. The Morgan fingerprint density at radius 3 is 2.71 bits per heavy atom. The summed E-state index contributed by atoms with van der Waals surface area (Å²) in [7, 11) is -3.97. The van der Waals surface area contributed by atoms with E-state index in [1.54, 1.807) is 13.8 Å². The summed E-state index contributed by atoms with van der Waals surface area (Å²) < 4.78 is 39.5. The number of sulfonamides is 1. The number of hydrogen-bond acceptors (Lipinski definition) is 3. The van der Waals surface area contributed by atoms with Crippen molar-refractivity contribution >= 4 is 21.6 Å². The van der Waals surface area contributed by atoms with Crippen LogP contribution in [0.5, 0.6) is 0 Å². The summed E-state index contributed by atoms with van der Waals surface area (Å²) in [5.41, 5.74) is -0.745. The van der Waals surface area contributed by atoms with Gasteiger partial charge in [0.25, 0.3) is 10.0 Å². The highest BCUT2D eigenvalue weighted by atomic mass is 35.5. The Labute approximate surface area is 105 Å². The van der Waals surface area contributed by atoms with Crippen LogP contribution in [-0.2, 0) is 10.0 Å². The molecule has 1 heterocycles. The molecule has 0 amide bonds. The van der Waals surface area contributed by atoms with E-state index in [4.69, 9.17) is 11.6 Å². The van der Waals surface area contributed by atoms with E-state index >= 15 is 0 Å². The van der Waals surface area contributed by atoms with E-state index < -0.39 is 26.4 Å². The largest absolute Gasteiger partial charge is 0.261 e. The fourth-order valence-corrected chi connectivity index (χ4v) is 3.19. The second kappa shape index (κ2) is 5.29. The van der Waals surface area contributed by atoms with Crippen molar-refractivity contribution in [1.29, 1.82) is 0 Å². The van der Waals surface area contributed by atoms with E-state index in [9.17, 15) is 12.8 Å². The van der Waals surface area contributed by atoms with Crippen LogP contribution in [0.15, 0.2) is 23.4 Å². The molecule has 96 valence electrons. The molecule has 4 nitrogen and oxygen atoms in total. The average Bonchev–Trinajstić information content (AvgIpc) is 2.15. The molecule has 1 N–H and O–H groups in total. The van der Waals surface area contributed by atoms with Crippen molar-refractivity contribution in [3.05, 3.63) is 24.1 Å². The fraction of sp³-hybridized carbons (Fsp3) is 0.500.